The molecule has 1 aromatic carbocycles. The third-order valence-electron chi connectivity index (χ3n) is 3.76. The van der Waals surface area contributed by atoms with E-state index in [1.165, 1.54) is 24.8 Å². The molecule has 4 nitrogen and oxygen atoms in total. The lowest BCUT2D eigenvalue weighted by Crippen LogP contribution is -2.29. The SMILES string of the molecule is CCCCC1C=CCN1Cc1cccc2nonc12. The second kappa shape index (κ2) is 5.53. The van der Waals surface area contributed by atoms with Crippen LogP contribution in [0.4, 0.5) is 0 Å². The summed E-state index contributed by atoms with van der Waals surface area (Å²) in [4.78, 5) is 2.49. The van der Waals surface area contributed by atoms with Gasteiger partial charge in [-0.05, 0) is 28.4 Å². The zero-order chi connectivity index (χ0) is 13.1. The van der Waals surface area contributed by atoms with Crippen LogP contribution in [0.25, 0.3) is 11.0 Å². The van der Waals surface area contributed by atoms with Crippen LogP contribution in [0, 0.1) is 0 Å². The average molecular weight is 257 g/mol. The van der Waals surface area contributed by atoms with E-state index < -0.39 is 0 Å². The number of hydrogen-bond donors (Lipinski definition) is 0. The summed E-state index contributed by atoms with van der Waals surface area (Å²) in [6.07, 6.45) is 8.36. The first-order valence-electron chi connectivity index (χ1n) is 6.99. The summed E-state index contributed by atoms with van der Waals surface area (Å²) in [6.45, 7) is 4.17. The number of hydrogen-bond acceptors (Lipinski definition) is 4. The van der Waals surface area contributed by atoms with E-state index in [-0.39, 0.29) is 0 Å². The number of benzene rings is 1. The highest BCUT2D eigenvalue weighted by Crippen LogP contribution is 2.22. The molecule has 3 rings (SSSR count). The molecule has 1 aromatic heterocycles. The van der Waals surface area contributed by atoms with E-state index in [0.717, 1.165) is 24.1 Å². The average Bonchev–Trinajstić information content (AvgIpc) is 3.05. The first-order valence-corrected chi connectivity index (χ1v) is 6.99. The van der Waals surface area contributed by atoms with Gasteiger partial charge in [0.2, 0.25) is 0 Å². The number of aromatic nitrogens is 2. The standard InChI is InChI=1S/C15H19N3O/c1-2-3-7-13-8-5-10-18(13)11-12-6-4-9-14-15(12)17-19-16-14/h4-6,8-9,13H,2-3,7,10-11H2,1H3. The molecule has 0 saturated carbocycles. The molecule has 2 aromatic rings. The molecule has 0 bridgehead atoms. The third kappa shape index (κ3) is 2.54. The molecule has 0 radical (unpaired) electrons. The normalized spacial score (nSPS) is 19.5. The van der Waals surface area contributed by atoms with Gasteiger partial charge in [-0.2, -0.15) is 0 Å². The largest absolute Gasteiger partial charge is 0.289 e. The maximum absolute atomic E-state index is 4.83. The van der Waals surface area contributed by atoms with Gasteiger partial charge in [0, 0.05) is 19.1 Å². The van der Waals surface area contributed by atoms with E-state index in [4.69, 9.17) is 4.63 Å². The lowest BCUT2D eigenvalue weighted by molar-refractivity contribution is 0.250. The molecule has 1 unspecified atom stereocenters. The first-order chi connectivity index (χ1) is 9.38. The van der Waals surface area contributed by atoms with Crippen molar-refractivity contribution in [1.82, 2.24) is 15.2 Å². The highest BCUT2D eigenvalue weighted by atomic mass is 16.6. The highest BCUT2D eigenvalue weighted by Gasteiger charge is 2.20. The van der Waals surface area contributed by atoms with Gasteiger partial charge in [-0.15, -0.1) is 0 Å². The smallest absolute Gasteiger partial charge is 0.139 e. The molecule has 0 saturated heterocycles. The Morgan fingerprint density at radius 2 is 2.32 bits per heavy atom. The van der Waals surface area contributed by atoms with E-state index >= 15 is 0 Å². The molecule has 1 aliphatic heterocycles. The van der Waals surface area contributed by atoms with Crippen LogP contribution in [-0.4, -0.2) is 27.8 Å². The third-order valence-corrected chi connectivity index (χ3v) is 3.76. The monoisotopic (exact) mass is 257 g/mol. The molecule has 0 aliphatic carbocycles. The van der Waals surface area contributed by atoms with E-state index in [1.54, 1.807) is 0 Å². The van der Waals surface area contributed by atoms with Crippen molar-refractivity contribution in [2.24, 2.45) is 0 Å². The maximum atomic E-state index is 4.83. The molecule has 0 amide bonds. The molecule has 2 heterocycles. The highest BCUT2D eigenvalue weighted by molar-refractivity contribution is 5.76. The summed E-state index contributed by atoms with van der Waals surface area (Å²) in [6, 6.07) is 6.63. The quantitative estimate of drug-likeness (QED) is 0.772. The van der Waals surface area contributed by atoms with Crippen LogP contribution < -0.4 is 0 Å². The molecule has 0 spiro atoms. The Balaban J connectivity index is 1.75. The van der Waals surface area contributed by atoms with E-state index in [0.29, 0.717) is 6.04 Å². The lowest BCUT2D eigenvalue weighted by atomic mass is 10.1. The van der Waals surface area contributed by atoms with Gasteiger partial charge in [0.25, 0.3) is 0 Å². The summed E-state index contributed by atoms with van der Waals surface area (Å²) in [5.41, 5.74) is 2.93. The molecule has 0 N–H and O–H groups in total. The van der Waals surface area contributed by atoms with Crippen molar-refractivity contribution in [2.75, 3.05) is 6.54 Å². The van der Waals surface area contributed by atoms with Crippen molar-refractivity contribution >= 4 is 11.0 Å². The van der Waals surface area contributed by atoms with E-state index in [9.17, 15) is 0 Å². The minimum Gasteiger partial charge on any atom is -0.289 e. The van der Waals surface area contributed by atoms with Crippen LogP contribution in [0.5, 0.6) is 0 Å². The molecular weight excluding hydrogens is 238 g/mol. The predicted octanol–water partition coefficient (Wildman–Crippen LogP) is 3.15. The number of fused-ring (bicyclic) bond motifs is 1. The van der Waals surface area contributed by atoms with Gasteiger partial charge >= 0.3 is 0 Å². The number of rotatable bonds is 5. The van der Waals surface area contributed by atoms with Crippen molar-refractivity contribution < 1.29 is 4.63 Å². The van der Waals surface area contributed by atoms with Crippen molar-refractivity contribution in [3.8, 4) is 0 Å². The number of unbranched alkanes of at least 4 members (excludes halogenated alkanes) is 1. The Kier molecular flexibility index (Phi) is 3.60. The van der Waals surface area contributed by atoms with Crippen molar-refractivity contribution in [1.29, 1.82) is 0 Å². The van der Waals surface area contributed by atoms with Crippen LogP contribution >= 0.6 is 0 Å². The van der Waals surface area contributed by atoms with Gasteiger partial charge in [-0.1, -0.05) is 44.1 Å². The summed E-state index contributed by atoms with van der Waals surface area (Å²) in [5, 5.41) is 7.92. The van der Waals surface area contributed by atoms with E-state index in [1.807, 2.05) is 12.1 Å². The molecule has 0 fully saturated rings. The fourth-order valence-corrected chi connectivity index (χ4v) is 2.69. The van der Waals surface area contributed by atoms with Crippen LogP contribution in [0.1, 0.15) is 31.7 Å². The fourth-order valence-electron chi connectivity index (χ4n) is 2.69. The number of nitrogens with zero attached hydrogens (tertiary/aromatic N) is 3. The molecule has 100 valence electrons. The maximum Gasteiger partial charge on any atom is 0.139 e. The first kappa shape index (κ1) is 12.4. The summed E-state index contributed by atoms with van der Waals surface area (Å²) in [5.74, 6) is 0. The van der Waals surface area contributed by atoms with Gasteiger partial charge in [-0.3, -0.25) is 4.90 Å². The van der Waals surface area contributed by atoms with Gasteiger partial charge < -0.3 is 0 Å². The Morgan fingerprint density at radius 3 is 3.21 bits per heavy atom. The molecule has 1 aliphatic rings. The van der Waals surface area contributed by atoms with Crippen LogP contribution in [-0.2, 0) is 6.54 Å². The molecular formula is C15H19N3O. The van der Waals surface area contributed by atoms with Gasteiger partial charge in [-0.25, -0.2) is 4.63 Å². The zero-order valence-corrected chi connectivity index (χ0v) is 11.2. The lowest BCUT2D eigenvalue weighted by Gasteiger charge is -2.24. The minimum atomic E-state index is 0.565. The topological polar surface area (TPSA) is 42.2 Å². The van der Waals surface area contributed by atoms with Gasteiger partial charge in [0.05, 0.1) is 0 Å². The second-order valence-corrected chi connectivity index (χ2v) is 5.12. The second-order valence-electron chi connectivity index (χ2n) is 5.12. The Hall–Kier alpha value is -1.68. The van der Waals surface area contributed by atoms with Gasteiger partial charge in [0.1, 0.15) is 11.0 Å². The molecule has 4 heteroatoms. The molecule has 1 atom stereocenters. The molecule has 19 heavy (non-hydrogen) atoms. The Labute approximate surface area is 113 Å². The van der Waals surface area contributed by atoms with Crippen LogP contribution in [0.3, 0.4) is 0 Å². The Morgan fingerprint density at radius 1 is 1.37 bits per heavy atom. The zero-order valence-electron chi connectivity index (χ0n) is 11.2. The predicted molar refractivity (Wildman–Crippen MR) is 74.7 cm³/mol. The fraction of sp³-hybridized carbons (Fsp3) is 0.467. The summed E-state index contributed by atoms with van der Waals surface area (Å²) in [7, 11) is 0. The van der Waals surface area contributed by atoms with Crippen LogP contribution in [0.2, 0.25) is 0 Å². The Bertz CT molecular complexity index is 576. The summed E-state index contributed by atoms with van der Waals surface area (Å²) >= 11 is 0. The van der Waals surface area contributed by atoms with Crippen molar-refractivity contribution in [3.05, 3.63) is 35.9 Å². The van der Waals surface area contributed by atoms with Crippen molar-refractivity contribution in [2.45, 2.75) is 38.8 Å². The van der Waals surface area contributed by atoms with Crippen molar-refractivity contribution in [3.63, 3.8) is 0 Å². The van der Waals surface area contributed by atoms with Gasteiger partial charge in [0.15, 0.2) is 0 Å². The summed E-state index contributed by atoms with van der Waals surface area (Å²) < 4.78 is 4.83. The van der Waals surface area contributed by atoms with E-state index in [2.05, 4.69) is 40.4 Å². The minimum absolute atomic E-state index is 0.565. The van der Waals surface area contributed by atoms with Crippen LogP contribution in [0.15, 0.2) is 35.0 Å².